The average Bonchev–Trinajstić information content (AvgIpc) is 3.06. The van der Waals surface area contributed by atoms with E-state index in [1.54, 1.807) is 10.9 Å². The molecule has 0 aliphatic rings. The van der Waals surface area contributed by atoms with Gasteiger partial charge in [0.25, 0.3) is 5.91 Å². The minimum atomic E-state index is -0.236. The summed E-state index contributed by atoms with van der Waals surface area (Å²) in [6.45, 7) is 3.96. The van der Waals surface area contributed by atoms with Crippen molar-refractivity contribution in [2.75, 3.05) is 0 Å². The van der Waals surface area contributed by atoms with E-state index in [0.717, 1.165) is 11.3 Å². The quantitative estimate of drug-likeness (QED) is 0.806. The molecule has 1 N–H and O–H groups in total. The Morgan fingerprint density at radius 2 is 1.78 bits per heavy atom. The SMILES string of the molecule is Cc1ccc(-n2cc(C(=O)NC(C)c3ccccc3)nn2)cc1. The largest absolute Gasteiger partial charge is 0.344 e. The fraction of sp³-hybridized carbons (Fsp3) is 0.167. The van der Waals surface area contributed by atoms with Crippen molar-refractivity contribution in [1.82, 2.24) is 20.3 Å². The topological polar surface area (TPSA) is 59.8 Å². The summed E-state index contributed by atoms with van der Waals surface area (Å²) in [6, 6.07) is 17.6. The number of amides is 1. The maximum Gasteiger partial charge on any atom is 0.273 e. The van der Waals surface area contributed by atoms with Gasteiger partial charge >= 0.3 is 0 Å². The molecule has 0 saturated carbocycles. The number of carbonyl (C=O) groups excluding carboxylic acids is 1. The molecule has 0 aliphatic heterocycles. The molecule has 2 aromatic carbocycles. The highest BCUT2D eigenvalue weighted by atomic mass is 16.2. The van der Waals surface area contributed by atoms with Gasteiger partial charge in [0.1, 0.15) is 0 Å². The van der Waals surface area contributed by atoms with Crippen LogP contribution in [0.5, 0.6) is 0 Å². The molecule has 0 spiro atoms. The lowest BCUT2D eigenvalue weighted by atomic mass is 10.1. The molecule has 1 amide bonds. The van der Waals surface area contributed by atoms with Gasteiger partial charge in [0.15, 0.2) is 5.69 Å². The van der Waals surface area contributed by atoms with Gasteiger partial charge in [-0.2, -0.15) is 0 Å². The molecule has 0 fully saturated rings. The highest BCUT2D eigenvalue weighted by Crippen LogP contribution is 2.12. The maximum absolute atomic E-state index is 12.3. The first-order chi connectivity index (χ1) is 11.1. The standard InChI is InChI=1S/C18H18N4O/c1-13-8-10-16(11-9-13)22-12-17(20-21-22)18(23)19-14(2)15-6-4-3-5-7-15/h3-12,14H,1-2H3,(H,19,23). The number of aryl methyl sites for hydroxylation is 1. The number of benzene rings is 2. The summed E-state index contributed by atoms with van der Waals surface area (Å²) in [4.78, 5) is 12.3. The van der Waals surface area contributed by atoms with Gasteiger partial charge in [0.2, 0.25) is 0 Å². The summed E-state index contributed by atoms with van der Waals surface area (Å²) >= 11 is 0. The monoisotopic (exact) mass is 306 g/mol. The first kappa shape index (κ1) is 15.0. The molecule has 1 aromatic heterocycles. The number of nitrogens with one attached hydrogen (secondary N) is 1. The van der Waals surface area contributed by atoms with E-state index in [9.17, 15) is 4.79 Å². The summed E-state index contributed by atoms with van der Waals surface area (Å²) in [5.41, 5.74) is 3.39. The molecule has 3 aromatic rings. The fourth-order valence-electron chi connectivity index (χ4n) is 2.29. The lowest BCUT2D eigenvalue weighted by molar-refractivity contribution is 0.0935. The number of aromatic nitrogens is 3. The molecule has 5 nitrogen and oxygen atoms in total. The van der Waals surface area contributed by atoms with E-state index in [0.29, 0.717) is 5.69 Å². The highest BCUT2D eigenvalue weighted by molar-refractivity contribution is 5.92. The van der Waals surface area contributed by atoms with E-state index in [-0.39, 0.29) is 11.9 Å². The van der Waals surface area contributed by atoms with Crippen LogP contribution in [0.2, 0.25) is 0 Å². The van der Waals surface area contributed by atoms with Crippen molar-refractivity contribution < 1.29 is 4.79 Å². The second kappa shape index (κ2) is 6.44. The van der Waals surface area contributed by atoms with Crippen LogP contribution in [0.1, 0.15) is 34.6 Å². The molecule has 0 bridgehead atoms. The van der Waals surface area contributed by atoms with Crippen LogP contribution in [-0.4, -0.2) is 20.9 Å². The Morgan fingerprint density at radius 3 is 2.48 bits per heavy atom. The summed E-state index contributed by atoms with van der Waals surface area (Å²) in [5, 5.41) is 10.9. The predicted octanol–water partition coefficient (Wildman–Crippen LogP) is 3.07. The Morgan fingerprint density at radius 1 is 1.09 bits per heavy atom. The van der Waals surface area contributed by atoms with Gasteiger partial charge in [-0.05, 0) is 31.5 Å². The lowest BCUT2D eigenvalue weighted by Crippen LogP contribution is -2.26. The molecule has 1 atom stereocenters. The summed E-state index contributed by atoms with van der Waals surface area (Å²) in [7, 11) is 0. The molecular formula is C18H18N4O. The minimum Gasteiger partial charge on any atom is -0.344 e. The Kier molecular flexibility index (Phi) is 4.19. The van der Waals surface area contributed by atoms with Crippen LogP contribution in [0, 0.1) is 6.92 Å². The molecule has 116 valence electrons. The second-order valence-electron chi connectivity index (χ2n) is 5.49. The average molecular weight is 306 g/mol. The molecule has 3 rings (SSSR count). The first-order valence-corrected chi connectivity index (χ1v) is 7.48. The van der Waals surface area contributed by atoms with E-state index in [2.05, 4.69) is 15.6 Å². The van der Waals surface area contributed by atoms with Crippen molar-refractivity contribution in [2.24, 2.45) is 0 Å². The van der Waals surface area contributed by atoms with Crippen molar-refractivity contribution in [3.63, 3.8) is 0 Å². The number of nitrogens with zero attached hydrogens (tertiary/aromatic N) is 3. The molecular weight excluding hydrogens is 288 g/mol. The molecule has 0 radical (unpaired) electrons. The molecule has 1 heterocycles. The zero-order valence-electron chi connectivity index (χ0n) is 13.1. The van der Waals surface area contributed by atoms with Gasteiger partial charge in [-0.1, -0.05) is 53.2 Å². The van der Waals surface area contributed by atoms with Crippen LogP contribution in [0.25, 0.3) is 5.69 Å². The van der Waals surface area contributed by atoms with E-state index >= 15 is 0 Å². The third-order valence-corrected chi connectivity index (χ3v) is 3.67. The van der Waals surface area contributed by atoms with Crippen LogP contribution >= 0.6 is 0 Å². The number of hydrogen-bond acceptors (Lipinski definition) is 3. The summed E-state index contributed by atoms with van der Waals surface area (Å²) in [6.07, 6.45) is 1.64. The van der Waals surface area contributed by atoms with Gasteiger partial charge in [0.05, 0.1) is 17.9 Å². The number of rotatable bonds is 4. The predicted molar refractivity (Wildman–Crippen MR) is 88.4 cm³/mol. The molecule has 0 saturated heterocycles. The van der Waals surface area contributed by atoms with E-state index < -0.39 is 0 Å². The Balaban J connectivity index is 1.72. The fourth-order valence-corrected chi connectivity index (χ4v) is 2.29. The van der Waals surface area contributed by atoms with E-state index in [4.69, 9.17) is 0 Å². The summed E-state index contributed by atoms with van der Waals surface area (Å²) in [5.74, 6) is -0.236. The zero-order chi connectivity index (χ0) is 16.2. The van der Waals surface area contributed by atoms with Gasteiger partial charge in [-0.15, -0.1) is 5.10 Å². The van der Waals surface area contributed by atoms with Gasteiger partial charge in [-0.25, -0.2) is 4.68 Å². The van der Waals surface area contributed by atoms with Crippen molar-refractivity contribution in [3.05, 3.63) is 77.6 Å². The van der Waals surface area contributed by atoms with Crippen molar-refractivity contribution >= 4 is 5.91 Å². The molecule has 0 aliphatic carbocycles. The Bertz CT molecular complexity index is 793. The van der Waals surface area contributed by atoms with Crippen LogP contribution < -0.4 is 5.32 Å². The zero-order valence-corrected chi connectivity index (χ0v) is 13.1. The molecule has 1 unspecified atom stereocenters. The Hall–Kier alpha value is -2.95. The molecule has 23 heavy (non-hydrogen) atoms. The maximum atomic E-state index is 12.3. The van der Waals surface area contributed by atoms with E-state index in [1.807, 2.05) is 68.4 Å². The van der Waals surface area contributed by atoms with Gasteiger partial charge < -0.3 is 5.32 Å². The lowest BCUT2D eigenvalue weighted by Gasteiger charge is -2.12. The number of carbonyl (C=O) groups is 1. The third kappa shape index (κ3) is 3.45. The smallest absolute Gasteiger partial charge is 0.273 e. The van der Waals surface area contributed by atoms with Gasteiger partial charge in [-0.3, -0.25) is 4.79 Å². The second-order valence-corrected chi connectivity index (χ2v) is 5.49. The first-order valence-electron chi connectivity index (χ1n) is 7.48. The highest BCUT2D eigenvalue weighted by Gasteiger charge is 2.15. The van der Waals surface area contributed by atoms with Crippen LogP contribution in [0.15, 0.2) is 60.8 Å². The van der Waals surface area contributed by atoms with Crippen molar-refractivity contribution in [3.8, 4) is 5.69 Å². The van der Waals surface area contributed by atoms with Crippen molar-refractivity contribution in [2.45, 2.75) is 19.9 Å². The number of hydrogen-bond donors (Lipinski definition) is 1. The van der Waals surface area contributed by atoms with Crippen LogP contribution in [0.4, 0.5) is 0 Å². The van der Waals surface area contributed by atoms with E-state index in [1.165, 1.54) is 5.56 Å². The third-order valence-electron chi connectivity index (χ3n) is 3.67. The van der Waals surface area contributed by atoms with Crippen LogP contribution in [0.3, 0.4) is 0 Å². The van der Waals surface area contributed by atoms with Crippen LogP contribution in [-0.2, 0) is 0 Å². The normalized spacial score (nSPS) is 11.9. The minimum absolute atomic E-state index is 0.0896. The van der Waals surface area contributed by atoms with Crippen molar-refractivity contribution in [1.29, 1.82) is 0 Å². The van der Waals surface area contributed by atoms with Gasteiger partial charge in [0, 0.05) is 0 Å². The summed E-state index contributed by atoms with van der Waals surface area (Å²) < 4.78 is 1.60. The Labute approximate surface area is 135 Å². The molecule has 5 heteroatoms.